The average molecular weight is 294 g/mol. The van der Waals surface area contributed by atoms with Gasteiger partial charge in [-0.05, 0) is 26.3 Å². The molecular formula is C15H22N2O4. The Labute approximate surface area is 124 Å². The molecule has 2 amide bonds. The predicted molar refractivity (Wildman–Crippen MR) is 79.1 cm³/mol. The first kappa shape index (κ1) is 16.8. The lowest BCUT2D eigenvalue weighted by Crippen LogP contribution is -2.39. The van der Waals surface area contributed by atoms with Crippen LogP contribution < -0.4 is 5.32 Å². The summed E-state index contributed by atoms with van der Waals surface area (Å²) in [5, 5.41) is 11.7. The van der Waals surface area contributed by atoms with Gasteiger partial charge in [-0.15, -0.1) is 0 Å². The van der Waals surface area contributed by atoms with E-state index in [1.165, 1.54) is 4.90 Å². The van der Waals surface area contributed by atoms with Gasteiger partial charge < -0.3 is 20.1 Å². The Morgan fingerprint density at radius 3 is 2.38 bits per heavy atom. The van der Waals surface area contributed by atoms with Gasteiger partial charge in [0.25, 0.3) is 0 Å². The molecule has 0 bridgehead atoms. The molecule has 0 atom stereocenters. The van der Waals surface area contributed by atoms with Crippen molar-refractivity contribution >= 4 is 12.2 Å². The minimum atomic E-state index is -1.02. The van der Waals surface area contributed by atoms with Gasteiger partial charge in [0.15, 0.2) is 0 Å². The summed E-state index contributed by atoms with van der Waals surface area (Å²) in [6.45, 7) is 5.99. The maximum absolute atomic E-state index is 11.5. The zero-order chi connectivity index (χ0) is 15.9. The molecule has 0 radical (unpaired) electrons. The Kier molecular flexibility index (Phi) is 6.02. The van der Waals surface area contributed by atoms with Crippen LogP contribution in [0.15, 0.2) is 30.3 Å². The van der Waals surface area contributed by atoms with Gasteiger partial charge in [-0.2, -0.15) is 0 Å². The molecule has 0 heterocycles. The lowest BCUT2D eigenvalue weighted by molar-refractivity contribution is 0.0520. The number of rotatable bonds is 5. The number of carbonyl (C=O) groups is 2. The van der Waals surface area contributed by atoms with E-state index < -0.39 is 17.8 Å². The topological polar surface area (TPSA) is 78.9 Å². The molecule has 6 heteroatoms. The van der Waals surface area contributed by atoms with Gasteiger partial charge in [0.1, 0.15) is 5.60 Å². The van der Waals surface area contributed by atoms with E-state index in [0.717, 1.165) is 5.56 Å². The number of nitrogens with zero attached hydrogens (tertiary/aromatic N) is 1. The molecule has 1 aromatic rings. The molecule has 0 aliphatic carbocycles. The third-order valence-electron chi connectivity index (χ3n) is 2.54. The van der Waals surface area contributed by atoms with Crippen LogP contribution in [0.25, 0.3) is 0 Å². The highest BCUT2D eigenvalue weighted by Gasteiger charge is 2.17. The Morgan fingerprint density at radius 2 is 1.86 bits per heavy atom. The number of ether oxygens (including phenoxy) is 1. The maximum atomic E-state index is 11.5. The van der Waals surface area contributed by atoms with E-state index in [0.29, 0.717) is 0 Å². The van der Waals surface area contributed by atoms with Crippen molar-refractivity contribution in [2.24, 2.45) is 0 Å². The zero-order valence-electron chi connectivity index (χ0n) is 12.6. The summed E-state index contributed by atoms with van der Waals surface area (Å²) in [6.07, 6.45) is -1.57. The summed E-state index contributed by atoms with van der Waals surface area (Å²) >= 11 is 0. The first-order valence-corrected chi connectivity index (χ1v) is 6.76. The molecule has 0 saturated heterocycles. The van der Waals surface area contributed by atoms with Gasteiger partial charge in [-0.25, -0.2) is 9.59 Å². The number of amides is 2. The summed E-state index contributed by atoms with van der Waals surface area (Å²) in [4.78, 5) is 23.9. The summed E-state index contributed by atoms with van der Waals surface area (Å²) in [5.41, 5.74) is 0.331. The average Bonchev–Trinajstić information content (AvgIpc) is 2.36. The van der Waals surface area contributed by atoms with Crippen molar-refractivity contribution < 1.29 is 19.4 Å². The highest BCUT2D eigenvalue weighted by Crippen LogP contribution is 2.07. The number of nitrogens with one attached hydrogen (secondary N) is 1. The molecule has 6 nitrogen and oxygen atoms in total. The first-order chi connectivity index (χ1) is 9.78. The van der Waals surface area contributed by atoms with Crippen molar-refractivity contribution in [3.8, 4) is 0 Å². The molecule has 2 N–H and O–H groups in total. The minimum absolute atomic E-state index is 0.198. The van der Waals surface area contributed by atoms with Gasteiger partial charge in [0.2, 0.25) is 0 Å². The third-order valence-corrected chi connectivity index (χ3v) is 2.54. The van der Waals surface area contributed by atoms with E-state index >= 15 is 0 Å². The van der Waals surface area contributed by atoms with Crippen LogP contribution in [0.1, 0.15) is 26.3 Å². The standard InChI is InChI=1S/C15H22N2O4/c1-15(2,3)21-13(18)16-9-10-17(14(19)20)11-12-7-5-4-6-8-12/h4-8H,9-11H2,1-3H3,(H,16,18)(H,19,20). The molecule has 0 aromatic heterocycles. The van der Waals surface area contributed by atoms with E-state index in [1.807, 2.05) is 30.3 Å². The third kappa shape index (κ3) is 7.20. The van der Waals surface area contributed by atoms with Crippen LogP contribution in [-0.2, 0) is 11.3 Å². The number of carboxylic acid groups (broad SMARTS) is 1. The first-order valence-electron chi connectivity index (χ1n) is 6.76. The Balaban J connectivity index is 2.42. The Bertz CT molecular complexity index is 468. The maximum Gasteiger partial charge on any atom is 0.407 e. The van der Waals surface area contributed by atoms with Crippen molar-refractivity contribution in [3.63, 3.8) is 0 Å². The van der Waals surface area contributed by atoms with Crippen LogP contribution in [0.5, 0.6) is 0 Å². The summed E-state index contributed by atoms with van der Waals surface area (Å²) < 4.78 is 5.08. The molecule has 1 aromatic carbocycles. The number of hydrogen-bond donors (Lipinski definition) is 2. The molecule has 21 heavy (non-hydrogen) atoms. The molecule has 0 aliphatic rings. The number of hydrogen-bond acceptors (Lipinski definition) is 3. The van der Waals surface area contributed by atoms with Gasteiger partial charge in [0.05, 0.1) is 0 Å². The van der Waals surface area contributed by atoms with Crippen LogP contribution in [-0.4, -0.2) is 40.9 Å². The van der Waals surface area contributed by atoms with E-state index in [9.17, 15) is 9.59 Å². The molecule has 0 spiro atoms. The number of alkyl carbamates (subject to hydrolysis) is 1. The lowest BCUT2D eigenvalue weighted by atomic mass is 10.2. The van der Waals surface area contributed by atoms with Crippen LogP contribution in [0, 0.1) is 0 Å². The SMILES string of the molecule is CC(C)(C)OC(=O)NCCN(Cc1ccccc1)C(=O)O. The Morgan fingerprint density at radius 1 is 1.24 bits per heavy atom. The van der Waals surface area contributed by atoms with Crippen molar-refractivity contribution in [1.29, 1.82) is 0 Å². The smallest absolute Gasteiger partial charge is 0.407 e. The fourth-order valence-electron chi connectivity index (χ4n) is 1.65. The number of benzene rings is 1. The Hall–Kier alpha value is -2.24. The quantitative estimate of drug-likeness (QED) is 0.875. The molecular weight excluding hydrogens is 272 g/mol. The van der Waals surface area contributed by atoms with Gasteiger partial charge in [-0.1, -0.05) is 30.3 Å². The second-order valence-corrected chi connectivity index (χ2v) is 5.62. The second-order valence-electron chi connectivity index (χ2n) is 5.62. The van der Waals surface area contributed by atoms with Crippen LogP contribution in [0.2, 0.25) is 0 Å². The van der Waals surface area contributed by atoms with E-state index in [2.05, 4.69) is 5.32 Å². The van der Waals surface area contributed by atoms with Gasteiger partial charge in [0, 0.05) is 19.6 Å². The van der Waals surface area contributed by atoms with Crippen LogP contribution >= 0.6 is 0 Å². The van der Waals surface area contributed by atoms with Crippen molar-refractivity contribution in [2.45, 2.75) is 32.9 Å². The van der Waals surface area contributed by atoms with Crippen LogP contribution in [0.4, 0.5) is 9.59 Å². The molecule has 0 saturated carbocycles. The monoisotopic (exact) mass is 294 g/mol. The van der Waals surface area contributed by atoms with E-state index in [-0.39, 0.29) is 19.6 Å². The number of carbonyl (C=O) groups excluding carboxylic acids is 1. The van der Waals surface area contributed by atoms with Crippen molar-refractivity contribution in [1.82, 2.24) is 10.2 Å². The normalized spacial score (nSPS) is 10.8. The van der Waals surface area contributed by atoms with Crippen molar-refractivity contribution in [3.05, 3.63) is 35.9 Å². The fraction of sp³-hybridized carbons (Fsp3) is 0.467. The lowest BCUT2D eigenvalue weighted by Gasteiger charge is -2.22. The highest BCUT2D eigenvalue weighted by atomic mass is 16.6. The van der Waals surface area contributed by atoms with E-state index in [1.54, 1.807) is 20.8 Å². The molecule has 1 rings (SSSR count). The largest absolute Gasteiger partial charge is 0.465 e. The summed E-state index contributed by atoms with van der Waals surface area (Å²) in [5.74, 6) is 0. The second kappa shape index (κ2) is 7.52. The summed E-state index contributed by atoms with van der Waals surface area (Å²) in [7, 11) is 0. The van der Waals surface area contributed by atoms with E-state index in [4.69, 9.17) is 9.84 Å². The highest BCUT2D eigenvalue weighted by molar-refractivity contribution is 5.68. The molecule has 0 unspecified atom stereocenters. The zero-order valence-corrected chi connectivity index (χ0v) is 12.6. The predicted octanol–water partition coefficient (Wildman–Crippen LogP) is 2.69. The van der Waals surface area contributed by atoms with Gasteiger partial charge >= 0.3 is 12.2 Å². The minimum Gasteiger partial charge on any atom is -0.465 e. The molecule has 0 aliphatic heterocycles. The van der Waals surface area contributed by atoms with Crippen LogP contribution in [0.3, 0.4) is 0 Å². The fourth-order valence-corrected chi connectivity index (χ4v) is 1.65. The summed E-state index contributed by atoms with van der Waals surface area (Å²) in [6, 6.07) is 9.30. The van der Waals surface area contributed by atoms with Crippen molar-refractivity contribution in [2.75, 3.05) is 13.1 Å². The molecule has 0 fully saturated rings. The molecule has 116 valence electrons. The van der Waals surface area contributed by atoms with Gasteiger partial charge in [-0.3, -0.25) is 0 Å².